The summed E-state index contributed by atoms with van der Waals surface area (Å²) in [6.45, 7) is 13.9. The van der Waals surface area contributed by atoms with Crippen LogP contribution in [0.5, 0.6) is 0 Å². The van der Waals surface area contributed by atoms with Gasteiger partial charge in [-0.2, -0.15) is 0 Å². The number of halogens is 1. The van der Waals surface area contributed by atoms with E-state index in [0.29, 0.717) is 12.0 Å². The average Bonchev–Trinajstić information content (AvgIpc) is 2.97. The normalized spacial score (nSPS) is 20.3. The molecule has 0 saturated carbocycles. The fraction of sp³-hybridized carbons (Fsp3) is 0.722. The zero-order valence-corrected chi connectivity index (χ0v) is 18.4. The highest BCUT2D eigenvalue weighted by Gasteiger charge is 2.53. The fourth-order valence-corrected chi connectivity index (χ4v) is 2.96. The number of nitrogens with one attached hydrogen (secondary N) is 1. The third-order valence-electron chi connectivity index (χ3n) is 5.38. The predicted molar refractivity (Wildman–Crippen MR) is 111 cm³/mol. The molecule has 0 spiro atoms. The number of hydrogen-bond acceptors (Lipinski definition) is 3. The molecule has 1 unspecified atom stereocenters. The van der Waals surface area contributed by atoms with E-state index < -0.39 is 0 Å². The largest absolute Gasteiger partial charge is 0.468 e. The summed E-state index contributed by atoms with van der Waals surface area (Å²) in [5, 5.41) is 3.44. The van der Waals surface area contributed by atoms with Crippen LogP contribution in [0.1, 0.15) is 46.4 Å². The second-order valence-electron chi connectivity index (χ2n) is 7.72. The van der Waals surface area contributed by atoms with Crippen LogP contribution in [0.15, 0.2) is 27.8 Å². The maximum Gasteiger partial charge on any atom is 0.194 e. The number of likely N-dealkylation sites (tertiary alicyclic amines) is 1. The molecule has 0 aliphatic carbocycles. The van der Waals surface area contributed by atoms with E-state index in [9.17, 15) is 0 Å². The van der Waals surface area contributed by atoms with E-state index in [1.165, 1.54) is 0 Å². The molecule has 0 aromatic carbocycles. The first kappa shape index (κ1) is 21.3. The Labute approximate surface area is 163 Å². The van der Waals surface area contributed by atoms with Crippen LogP contribution in [0.2, 0.25) is 0 Å². The van der Waals surface area contributed by atoms with Crippen molar-refractivity contribution in [1.82, 2.24) is 15.1 Å². The number of rotatable bonds is 5. The van der Waals surface area contributed by atoms with Crippen LogP contribution in [0.3, 0.4) is 0 Å². The molecule has 0 bridgehead atoms. The molecular weight excluding hydrogens is 415 g/mol. The van der Waals surface area contributed by atoms with Gasteiger partial charge in [0.25, 0.3) is 0 Å². The number of guanidine groups is 1. The second-order valence-corrected chi connectivity index (χ2v) is 7.72. The Kier molecular flexibility index (Phi) is 7.16. The zero-order valence-electron chi connectivity index (χ0n) is 16.1. The minimum absolute atomic E-state index is 0. The molecule has 2 heterocycles. The highest BCUT2D eigenvalue weighted by Crippen LogP contribution is 2.46. The molecule has 1 fully saturated rings. The van der Waals surface area contributed by atoms with Gasteiger partial charge in [0.15, 0.2) is 5.96 Å². The van der Waals surface area contributed by atoms with Crippen LogP contribution in [-0.2, 0) is 0 Å². The van der Waals surface area contributed by atoms with Crippen molar-refractivity contribution in [2.75, 3.05) is 33.7 Å². The minimum Gasteiger partial charge on any atom is -0.468 e. The SMILES string of the molecule is CCNC(=NCC(c1ccco1)N(C)C)N1CC(C)(C)C1(C)C.I. The van der Waals surface area contributed by atoms with Crippen molar-refractivity contribution in [3.8, 4) is 0 Å². The maximum absolute atomic E-state index is 5.58. The Bertz CT molecular complexity index is 537. The summed E-state index contributed by atoms with van der Waals surface area (Å²) in [4.78, 5) is 9.43. The lowest BCUT2D eigenvalue weighted by Gasteiger charge is -2.62. The third kappa shape index (κ3) is 4.07. The van der Waals surface area contributed by atoms with Gasteiger partial charge in [-0.05, 0) is 47.0 Å². The molecule has 24 heavy (non-hydrogen) atoms. The summed E-state index contributed by atoms with van der Waals surface area (Å²) in [6.07, 6.45) is 1.72. The van der Waals surface area contributed by atoms with Crippen molar-refractivity contribution in [3.63, 3.8) is 0 Å². The molecule has 1 saturated heterocycles. The number of nitrogens with zero attached hydrogens (tertiary/aromatic N) is 3. The lowest BCUT2D eigenvalue weighted by Crippen LogP contribution is -2.72. The van der Waals surface area contributed by atoms with Crippen LogP contribution in [0.25, 0.3) is 0 Å². The number of aliphatic imine (C=N–C) groups is 1. The van der Waals surface area contributed by atoms with E-state index in [4.69, 9.17) is 9.41 Å². The molecule has 6 heteroatoms. The smallest absolute Gasteiger partial charge is 0.194 e. The van der Waals surface area contributed by atoms with E-state index in [2.05, 4.69) is 63.8 Å². The summed E-state index contributed by atoms with van der Waals surface area (Å²) in [7, 11) is 4.12. The summed E-state index contributed by atoms with van der Waals surface area (Å²) < 4.78 is 5.58. The van der Waals surface area contributed by atoms with Gasteiger partial charge in [-0.3, -0.25) is 9.89 Å². The predicted octanol–water partition coefficient (Wildman–Crippen LogP) is 3.59. The molecule has 138 valence electrons. The quantitative estimate of drug-likeness (QED) is 0.425. The summed E-state index contributed by atoms with van der Waals surface area (Å²) in [6, 6.07) is 4.10. The van der Waals surface area contributed by atoms with E-state index in [1.807, 2.05) is 12.1 Å². The summed E-state index contributed by atoms with van der Waals surface area (Å²) in [5.41, 5.74) is 0.400. The highest BCUT2D eigenvalue weighted by molar-refractivity contribution is 14.0. The van der Waals surface area contributed by atoms with Gasteiger partial charge in [0.05, 0.1) is 18.8 Å². The molecule has 1 aliphatic rings. The van der Waals surface area contributed by atoms with Crippen molar-refractivity contribution >= 4 is 29.9 Å². The minimum atomic E-state index is 0. The topological polar surface area (TPSA) is 44.0 Å². The van der Waals surface area contributed by atoms with Crippen LogP contribution in [0, 0.1) is 5.41 Å². The lowest BCUT2D eigenvalue weighted by atomic mass is 9.65. The molecule has 1 aliphatic heterocycles. The molecule has 0 amide bonds. The average molecular weight is 448 g/mol. The number of furan rings is 1. The van der Waals surface area contributed by atoms with E-state index in [1.54, 1.807) is 6.26 Å². The summed E-state index contributed by atoms with van der Waals surface area (Å²) >= 11 is 0. The molecular formula is C18H33IN4O. The first-order valence-corrected chi connectivity index (χ1v) is 8.46. The molecule has 0 radical (unpaired) electrons. The Morgan fingerprint density at radius 1 is 1.38 bits per heavy atom. The number of likely N-dealkylation sites (N-methyl/N-ethyl adjacent to an activating group) is 1. The molecule has 2 rings (SSSR count). The van der Waals surface area contributed by atoms with Gasteiger partial charge >= 0.3 is 0 Å². The molecule has 1 aromatic rings. The van der Waals surface area contributed by atoms with E-state index in [0.717, 1.165) is 24.8 Å². The third-order valence-corrected chi connectivity index (χ3v) is 5.38. The zero-order chi connectivity index (χ0) is 17.3. The highest BCUT2D eigenvalue weighted by atomic mass is 127. The Hall–Kier alpha value is -0.760. The Balaban J connectivity index is 0.00000288. The van der Waals surface area contributed by atoms with Gasteiger partial charge in [0.2, 0.25) is 0 Å². The van der Waals surface area contributed by atoms with Crippen molar-refractivity contribution < 1.29 is 4.42 Å². The van der Waals surface area contributed by atoms with Gasteiger partial charge in [0.1, 0.15) is 5.76 Å². The van der Waals surface area contributed by atoms with Crippen molar-refractivity contribution in [1.29, 1.82) is 0 Å². The van der Waals surface area contributed by atoms with Gasteiger partial charge in [-0.15, -0.1) is 24.0 Å². The first-order chi connectivity index (χ1) is 10.7. The molecule has 1 N–H and O–H groups in total. The van der Waals surface area contributed by atoms with E-state index >= 15 is 0 Å². The van der Waals surface area contributed by atoms with Gasteiger partial charge < -0.3 is 14.6 Å². The van der Waals surface area contributed by atoms with Crippen molar-refractivity contribution in [2.45, 2.75) is 46.2 Å². The van der Waals surface area contributed by atoms with Crippen LogP contribution < -0.4 is 5.32 Å². The van der Waals surface area contributed by atoms with Crippen LogP contribution in [-0.4, -0.2) is 55.0 Å². The van der Waals surface area contributed by atoms with E-state index in [-0.39, 0.29) is 35.6 Å². The van der Waals surface area contributed by atoms with Crippen LogP contribution >= 0.6 is 24.0 Å². The standard InChI is InChI=1S/C18H32N4O.HI/c1-8-19-16(22-13-17(2,3)18(22,4)5)20-12-14(21(6)7)15-10-9-11-23-15;/h9-11,14H,8,12-13H2,1-7H3,(H,19,20);1H. The van der Waals surface area contributed by atoms with Crippen molar-refractivity contribution in [2.24, 2.45) is 10.4 Å². The summed E-state index contributed by atoms with van der Waals surface area (Å²) in [5.74, 6) is 1.95. The Morgan fingerprint density at radius 3 is 2.46 bits per heavy atom. The Morgan fingerprint density at radius 2 is 2.04 bits per heavy atom. The van der Waals surface area contributed by atoms with Crippen LogP contribution in [0.4, 0.5) is 0 Å². The van der Waals surface area contributed by atoms with Gasteiger partial charge in [-0.25, -0.2) is 0 Å². The monoisotopic (exact) mass is 448 g/mol. The maximum atomic E-state index is 5.58. The number of hydrogen-bond donors (Lipinski definition) is 1. The van der Waals surface area contributed by atoms with Crippen molar-refractivity contribution in [3.05, 3.63) is 24.2 Å². The van der Waals surface area contributed by atoms with Gasteiger partial charge in [0, 0.05) is 24.0 Å². The molecule has 5 nitrogen and oxygen atoms in total. The second kappa shape index (κ2) is 8.08. The van der Waals surface area contributed by atoms with Gasteiger partial charge in [-0.1, -0.05) is 13.8 Å². The lowest BCUT2D eigenvalue weighted by molar-refractivity contribution is -0.0668. The molecule has 1 aromatic heterocycles. The molecule has 1 atom stereocenters. The fourth-order valence-electron chi connectivity index (χ4n) is 2.96. The first-order valence-electron chi connectivity index (χ1n) is 8.46.